The smallest absolute Gasteiger partial charge is 0.326 e. The van der Waals surface area contributed by atoms with Crippen LogP contribution in [0.15, 0.2) is 23.1 Å². The molecule has 0 aliphatic heterocycles. The van der Waals surface area contributed by atoms with Gasteiger partial charge in [0, 0.05) is 5.02 Å². The van der Waals surface area contributed by atoms with Crippen molar-refractivity contribution in [3.63, 3.8) is 0 Å². The lowest BCUT2D eigenvalue weighted by molar-refractivity contribution is -0.143. The summed E-state index contributed by atoms with van der Waals surface area (Å²) in [6, 6.07) is 1.45. The summed E-state index contributed by atoms with van der Waals surface area (Å²) in [5.41, 5.74) is 0. The molecule has 0 aliphatic rings. The highest BCUT2D eigenvalue weighted by Gasteiger charge is 2.27. The predicted octanol–water partition coefficient (Wildman–Crippen LogP) is 0.291. The monoisotopic (exact) mass is 311 g/mol. The fourth-order valence-corrected chi connectivity index (χ4v) is 2.64. The zero-order valence-electron chi connectivity index (χ0n) is 9.76. The number of aliphatic hydroxyl groups is 1. The zero-order valence-corrected chi connectivity index (χ0v) is 11.3. The summed E-state index contributed by atoms with van der Waals surface area (Å²) in [7, 11) is -3.29. The minimum atomic E-state index is -4.32. The number of hydrogen-bond donors (Lipinski definition) is 2. The molecule has 0 fully saturated rings. The zero-order chi connectivity index (χ0) is 14.6. The summed E-state index contributed by atoms with van der Waals surface area (Å²) in [5.74, 6) is -2.05. The number of ether oxygens (including phenoxy) is 1. The molecule has 0 radical (unpaired) electrons. The van der Waals surface area contributed by atoms with Crippen molar-refractivity contribution in [2.45, 2.75) is 10.9 Å². The van der Waals surface area contributed by atoms with Gasteiger partial charge in [0.2, 0.25) is 10.0 Å². The summed E-state index contributed by atoms with van der Waals surface area (Å²) in [6.45, 7) is -0.818. The molecule has 0 saturated carbocycles. The van der Waals surface area contributed by atoms with Crippen LogP contribution in [-0.4, -0.2) is 39.3 Å². The maximum absolute atomic E-state index is 13.5. The Balaban J connectivity index is 3.07. The Morgan fingerprint density at radius 1 is 1.58 bits per heavy atom. The quantitative estimate of drug-likeness (QED) is 0.763. The molecule has 0 bridgehead atoms. The number of rotatable bonds is 5. The lowest BCUT2D eigenvalue weighted by Crippen LogP contribution is -2.44. The van der Waals surface area contributed by atoms with Crippen molar-refractivity contribution in [3.8, 4) is 0 Å². The summed E-state index contributed by atoms with van der Waals surface area (Å²) < 4.78 is 43.3. The van der Waals surface area contributed by atoms with Crippen molar-refractivity contribution in [1.82, 2.24) is 4.72 Å². The van der Waals surface area contributed by atoms with E-state index in [0.717, 1.165) is 19.2 Å². The van der Waals surface area contributed by atoms with E-state index in [2.05, 4.69) is 4.74 Å². The minimum Gasteiger partial charge on any atom is -0.468 e. The van der Waals surface area contributed by atoms with Gasteiger partial charge < -0.3 is 9.84 Å². The van der Waals surface area contributed by atoms with Crippen LogP contribution in [0.5, 0.6) is 0 Å². The predicted molar refractivity (Wildman–Crippen MR) is 64.6 cm³/mol. The molecular weight excluding hydrogens is 301 g/mol. The van der Waals surface area contributed by atoms with Gasteiger partial charge in [-0.1, -0.05) is 11.6 Å². The fraction of sp³-hybridized carbons (Fsp3) is 0.300. The minimum absolute atomic E-state index is 0.0307. The molecule has 1 rings (SSSR count). The molecule has 0 aliphatic carbocycles. The van der Waals surface area contributed by atoms with Crippen molar-refractivity contribution >= 4 is 27.6 Å². The average molecular weight is 312 g/mol. The van der Waals surface area contributed by atoms with E-state index in [1.807, 2.05) is 4.72 Å². The molecule has 1 unspecified atom stereocenters. The van der Waals surface area contributed by atoms with Crippen LogP contribution >= 0.6 is 11.6 Å². The number of hydrogen-bond acceptors (Lipinski definition) is 5. The molecule has 0 saturated heterocycles. The van der Waals surface area contributed by atoms with Crippen molar-refractivity contribution in [1.29, 1.82) is 0 Å². The number of halogens is 2. The molecule has 0 amide bonds. The Labute approximate surface area is 114 Å². The van der Waals surface area contributed by atoms with Gasteiger partial charge in [-0.05, 0) is 18.2 Å². The van der Waals surface area contributed by atoms with E-state index in [4.69, 9.17) is 16.7 Å². The van der Waals surface area contributed by atoms with Gasteiger partial charge in [-0.3, -0.25) is 4.79 Å². The van der Waals surface area contributed by atoms with Crippen LogP contribution in [0.3, 0.4) is 0 Å². The van der Waals surface area contributed by atoms with Gasteiger partial charge >= 0.3 is 5.97 Å². The van der Waals surface area contributed by atoms with Gasteiger partial charge in [0.05, 0.1) is 13.7 Å². The Hall–Kier alpha value is -1.22. The lowest BCUT2D eigenvalue weighted by atomic mass is 10.3. The van der Waals surface area contributed by atoms with Crippen LogP contribution in [0, 0.1) is 5.82 Å². The highest BCUT2D eigenvalue weighted by molar-refractivity contribution is 7.89. The van der Waals surface area contributed by atoms with Gasteiger partial charge in [0.25, 0.3) is 0 Å². The number of aliphatic hydroxyl groups excluding tert-OH is 1. The highest BCUT2D eigenvalue weighted by atomic mass is 35.5. The molecule has 0 spiro atoms. The SMILES string of the molecule is COC(=O)C(CO)NS(=O)(=O)c1ccc(Cl)cc1F. The van der Waals surface area contributed by atoms with Crippen LogP contribution < -0.4 is 4.72 Å². The summed E-state index contributed by atoms with van der Waals surface area (Å²) in [6.07, 6.45) is 0. The molecule has 19 heavy (non-hydrogen) atoms. The van der Waals surface area contributed by atoms with E-state index in [0.29, 0.717) is 0 Å². The van der Waals surface area contributed by atoms with E-state index in [1.165, 1.54) is 6.07 Å². The van der Waals surface area contributed by atoms with Crippen LogP contribution in [0.4, 0.5) is 4.39 Å². The third kappa shape index (κ3) is 3.87. The number of methoxy groups -OCH3 is 1. The molecule has 0 aromatic heterocycles. The normalized spacial score (nSPS) is 13.1. The average Bonchev–Trinajstić information content (AvgIpc) is 2.34. The first kappa shape index (κ1) is 15.8. The van der Waals surface area contributed by atoms with Gasteiger partial charge in [-0.25, -0.2) is 12.8 Å². The van der Waals surface area contributed by atoms with Gasteiger partial charge in [-0.2, -0.15) is 4.72 Å². The molecule has 6 nitrogen and oxygen atoms in total. The second-order valence-electron chi connectivity index (χ2n) is 3.45. The van der Waals surface area contributed by atoms with Crippen LogP contribution in [0.2, 0.25) is 5.02 Å². The van der Waals surface area contributed by atoms with Crippen LogP contribution in [-0.2, 0) is 19.6 Å². The molecule has 1 atom stereocenters. The van der Waals surface area contributed by atoms with E-state index in [-0.39, 0.29) is 5.02 Å². The van der Waals surface area contributed by atoms with Crippen molar-refractivity contribution in [3.05, 3.63) is 29.0 Å². The Morgan fingerprint density at radius 3 is 2.68 bits per heavy atom. The van der Waals surface area contributed by atoms with Crippen molar-refractivity contribution < 1.29 is 27.4 Å². The van der Waals surface area contributed by atoms with Gasteiger partial charge in [0.1, 0.15) is 16.8 Å². The third-order valence-electron chi connectivity index (χ3n) is 2.15. The summed E-state index contributed by atoms with van der Waals surface area (Å²) in [5, 5.41) is 8.94. The number of sulfonamides is 1. The standard InChI is InChI=1S/C10H11ClFNO5S/c1-18-10(15)8(5-14)13-19(16,17)9-3-2-6(11)4-7(9)12/h2-4,8,13-14H,5H2,1H3. The molecule has 1 aromatic rings. The van der Waals surface area contributed by atoms with Crippen molar-refractivity contribution in [2.24, 2.45) is 0 Å². The fourth-order valence-electron chi connectivity index (χ4n) is 1.25. The highest BCUT2D eigenvalue weighted by Crippen LogP contribution is 2.19. The summed E-state index contributed by atoms with van der Waals surface area (Å²) in [4.78, 5) is 10.5. The second-order valence-corrected chi connectivity index (χ2v) is 5.57. The maximum atomic E-state index is 13.5. The number of benzene rings is 1. The second kappa shape index (κ2) is 6.29. The van der Waals surface area contributed by atoms with Crippen molar-refractivity contribution in [2.75, 3.05) is 13.7 Å². The largest absolute Gasteiger partial charge is 0.468 e. The topological polar surface area (TPSA) is 92.7 Å². The molecule has 9 heteroatoms. The number of carbonyl (C=O) groups excluding carboxylic acids is 1. The van der Waals surface area contributed by atoms with E-state index in [1.54, 1.807) is 0 Å². The molecule has 1 aromatic carbocycles. The Kier molecular flexibility index (Phi) is 5.24. The first-order chi connectivity index (χ1) is 8.81. The molecule has 0 heterocycles. The van der Waals surface area contributed by atoms with E-state index in [9.17, 15) is 17.6 Å². The summed E-state index contributed by atoms with van der Waals surface area (Å²) >= 11 is 5.50. The molecule has 106 valence electrons. The Morgan fingerprint density at radius 2 is 2.21 bits per heavy atom. The van der Waals surface area contributed by atoms with E-state index < -0.39 is 39.4 Å². The van der Waals surface area contributed by atoms with Crippen LogP contribution in [0.25, 0.3) is 0 Å². The first-order valence-electron chi connectivity index (χ1n) is 4.98. The number of carbonyl (C=O) groups is 1. The third-order valence-corrected chi connectivity index (χ3v) is 3.89. The van der Waals surface area contributed by atoms with Crippen LogP contribution in [0.1, 0.15) is 0 Å². The number of nitrogens with one attached hydrogen (secondary N) is 1. The Bertz CT molecular complexity index is 577. The van der Waals surface area contributed by atoms with E-state index >= 15 is 0 Å². The molecule has 2 N–H and O–H groups in total. The number of esters is 1. The van der Waals surface area contributed by atoms with Gasteiger partial charge in [0.15, 0.2) is 0 Å². The molecular formula is C10H11ClFNO5S. The van der Waals surface area contributed by atoms with Gasteiger partial charge in [-0.15, -0.1) is 0 Å². The lowest BCUT2D eigenvalue weighted by Gasteiger charge is -2.14. The first-order valence-corrected chi connectivity index (χ1v) is 6.84. The maximum Gasteiger partial charge on any atom is 0.326 e.